The van der Waals surface area contributed by atoms with E-state index in [0.717, 1.165) is 36.5 Å². The van der Waals surface area contributed by atoms with Crippen LogP contribution in [0.2, 0.25) is 0 Å². The number of carbonyl (C=O) groups is 1. The largest absolute Gasteiger partial charge is 0.433 e. The molecule has 0 unspecified atom stereocenters. The normalized spacial score (nSPS) is 20.8. The van der Waals surface area contributed by atoms with Gasteiger partial charge in [0.1, 0.15) is 5.69 Å². The second kappa shape index (κ2) is 8.26. The van der Waals surface area contributed by atoms with E-state index < -0.39 is 11.9 Å². The number of alkyl halides is 3. The molecule has 2 aromatic heterocycles. The van der Waals surface area contributed by atoms with Gasteiger partial charge in [0.05, 0.1) is 5.69 Å². The Kier molecular flexibility index (Phi) is 5.81. The van der Waals surface area contributed by atoms with E-state index in [2.05, 4.69) is 22.0 Å². The Morgan fingerprint density at radius 1 is 1.19 bits per heavy atom. The maximum atomic E-state index is 13.6. The van der Waals surface area contributed by atoms with E-state index in [1.807, 2.05) is 13.8 Å². The van der Waals surface area contributed by atoms with E-state index in [1.54, 1.807) is 17.0 Å². The summed E-state index contributed by atoms with van der Waals surface area (Å²) < 4.78 is 41.7. The summed E-state index contributed by atoms with van der Waals surface area (Å²) in [4.78, 5) is 21.1. The zero-order valence-corrected chi connectivity index (χ0v) is 18.1. The number of rotatable bonds is 3. The summed E-state index contributed by atoms with van der Waals surface area (Å²) in [5.74, 6) is -0.233. The number of halogens is 3. The highest BCUT2D eigenvalue weighted by molar-refractivity contribution is 5.88. The van der Waals surface area contributed by atoms with Crippen LogP contribution in [0.5, 0.6) is 0 Å². The Hall–Kier alpha value is -2.42. The Labute approximate surface area is 179 Å². The molecule has 0 aliphatic carbocycles. The topological polar surface area (TPSA) is 53.7 Å². The SMILES string of the molecule is CC(C)c1cc(C(F)(F)F)n2nc([C@H]3CCN(C(=O)C=C4CCN(C)CC4)C3)cc2n1. The van der Waals surface area contributed by atoms with Crippen molar-refractivity contribution in [3.63, 3.8) is 0 Å². The third kappa shape index (κ3) is 4.61. The summed E-state index contributed by atoms with van der Waals surface area (Å²) >= 11 is 0. The number of hydrogen-bond donors (Lipinski definition) is 0. The fourth-order valence-corrected chi connectivity index (χ4v) is 4.23. The van der Waals surface area contributed by atoms with Crippen LogP contribution in [-0.4, -0.2) is 63.5 Å². The molecule has 1 atom stereocenters. The van der Waals surface area contributed by atoms with Crippen molar-refractivity contribution in [3.8, 4) is 0 Å². The summed E-state index contributed by atoms with van der Waals surface area (Å²) in [6, 6.07) is 2.71. The lowest BCUT2D eigenvalue weighted by molar-refractivity contribution is -0.142. The van der Waals surface area contributed by atoms with Crippen LogP contribution >= 0.6 is 0 Å². The molecule has 0 N–H and O–H groups in total. The van der Waals surface area contributed by atoms with Crippen molar-refractivity contribution in [2.24, 2.45) is 0 Å². The van der Waals surface area contributed by atoms with E-state index >= 15 is 0 Å². The molecule has 6 nitrogen and oxygen atoms in total. The molecule has 2 aliphatic rings. The molecule has 4 heterocycles. The van der Waals surface area contributed by atoms with E-state index in [4.69, 9.17) is 0 Å². The quantitative estimate of drug-likeness (QED) is 0.688. The number of amides is 1. The maximum Gasteiger partial charge on any atom is 0.433 e. The smallest absolute Gasteiger partial charge is 0.338 e. The Bertz CT molecular complexity index is 1000. The summed E-state index contributed by atoms with van der Waals surface area (Å²) in [5, 5.41) is 4.25. The minimum Gasteiger partial charge on any atom is -0.338 e. The lowest BCUT2D eigenvalue weighted by Crippen LogP contribution is -2.29. The fraction of sp³-hybridized carbons (Fsp3) is 0.591. The fourth-order valence-electron chi connectivity index (χ4n) is 4.23. The van der Waals surface area contributed by atoms with Crippen molar-refractivity contribution in [3.05, 3.63) is 40.9 Å². The summed E-state index contributed by atoms with van der Waals surface area (Å²) in [5.41, 5.74) is 1.50. The van der Waals surface area contributed by atoms with Crippen LogP contribution in [-0.2, 0) is 11.0 Å². The summed E-state index contributed by atoms with van der Waals surface area (Å²) in [7, 11) is 2.07. The standard InChI is InChI=1S/C22H28F3N5O/c1-14(2)17-11-19(22(23,24)25)30-20(26-17)12-18(27-30)16-6-9-29(13-16)21(31)10-15-4-7-28(3)8-5-15/h10-12,14,16H,4-9,13H2,1-3H3/t16-/m0/s1. The molecule has 2 aromatic rings. The van der Waals surface area contributed by atoms with Gasteiger partial charge in [-0.1, -0.05) is 19.4 Å². The Morgan fingerprint density at radius 3 is 2.55 bits per heavy atom. The van der Waals surface area contributed by atoms with Crippen LogP contribution in [0.3, 0.4) is 0 Å². The molecule has 0 radical (unpaired) electrons. The molecule has 9 heteroatoms. The zero-order valence-electron chi connectivity index (χ0n) is 18.1. The molecule has 2 aliphatic heterocycles. The second-order valence-corrected chi connectivity index (χ2v) is 8.93. The molecule has 4 rings (SSSR count). The molecular weight excluding hydrogens is 407 g/mol. The van der Waals surface area contributed by atoms with E-state index in [-0.39, 0.29) is 23.4 Å². The third-order valence-electron chi connectivity index (χ3n) is 6.22. The van der Waals surface area contributed by atoms with Gasteiger partial charge in [0.25, 0.3) is 0 Å². The van der Waals surface area contributed by atoms with Gasteiger partial charge in [0, 0.05) is 49.9 Å². The molecule has 0 bridgehead atoms. The molecule has 0 spiro atoms. The molecule has 31 heavy (non-hydrogen) atoms. The van der Waals surface area contributed by atoms with Crippen molar-refractivity contribution >= 4 is 11.6 Å². The molecule has 0 saturated carbocycles. The van der Waals surface area contributed by atoms with Gasteiger partial charge >= 0.3 is 6.18 Å². The Morgan fingerprint density at radius 2 is 1.90 bits per heavy atom. The average Bonchev–Trinajstić information content (AvgIpc) is 3.35. The monoisotopic (exact) mass is 435 g/mol. The number of piperidine rings is 1. The second-order valence-electron chi connectivity index (χ2n) is 8.93. The van der Waals surface area contributed by atoms with Crippen molar-refractivity contribution < 1.29 is 18.0 Å². The summed E-state index contributed by atoms with van der Waals surface area (Å²) in [6.45, 7) is 6.58. The maximum absolute atomic E-state index is 13.6. The first-order chi connectivity index (χ1) is 14.6. The van der Waals surface area contributed by atoms with Crippen LogP contribution in [0.4, 0.5) is 13.2 Å². The van der Waals surface area contributed by atoms with Gasteiger partial charge in [0.15, 0.2) is 5.65 Å². The highest BCUT2D eigenvalue weighted by Gasteiger charge is 2.36. The first-order valence-electron chi connectivity index (χ1n) is 10.8. The highest BCUT2D eigenvalue weighted by Crippen LogP contribution is 2.33. The van der Waals surface area contributed by atoms with Gasteiger partial charge in [-0.25, -0.2) is 9.50 Å². The number of aromatic nitrogens is 3. The van der Waals surface area contributed by atoms with Gasteiger partial charge in [-0.2, -0.15) is 18.3 Å². The van der Waals surface area contributed by atoms with E-state index in [9.17, 15) is 18.0 Å². The molecule has 2 fully saturated rings. The number of likely N-dealkylation sites (tertiary alicyclic amines) is 2. The minimum absolute atomic E-state index is 0.0120. The molecule has 168 valence electrons. The molecule has 0 aromatic carbocycles. The van der Waals surface area contributed by atoms with Crippen LogP contribution in [0.25, 0.3) is 5.65 Å². The molecule has 2 saturated heterocycles. The van der Waals surface area contributed by atoms with Gasteiger partial charge in [0.2, 0.25) is 5.91 Å². The van der Waals surface area contributed by atoms with E-state index in [0.29, 0.717) is 30.9 Å². The van der Waals surface area contributed by atoms with E-state index in [1.165, 1.54) is 5.57 Å². The zero-order chi connectivity index (χ0) is 22.3. The van der Waals surface area contributed by atoms with Gasteiger partial charge in [-0.3, -0.25) is 4.79 Å². The number of carbonyl (C=O) groups excluding carboxylic acids is 1. The van der Waals surface area contributed by atoms with Crippen LogP contribution in [0.15, 0.2) is 23.8 Å². The van der Waals surface area contributed by atoms with Crippen molar-refractivity contribution in [2.45, 2.75) is 51.1 Å². The van der Waals surface area contributed by atoms with Gasteiger partial charge in [-0.15, -0.1) is 0 Å². The number of hydrogen-bond acceptors (Lipinski definition) is 4. The van der Waals surface area contributed by atoms with Crippen molar-refractivity contribution in [1.82, 2.24) is 24.4 Å². The van der Waals surface area contributed by atoms with Crippen LogP contribution in [0, 0.1) is 0 Å². The predicted molar refractivity (Wildman–Crippen MR) is 111 cm³/mol. The Balaban J connectivity index is 1.54. The lowest BCUT2D eigenvalue weighted by Gasteiger charge is -2.24. The first kappa shape index (κ1) is 21.8. The number of nitrogens with zero attached hydrogens (tertiary/aromatic N) is 5. The molecular formula is C22H28F3N5O. The summed E-state index contributed by atoms with van der Waals surface area (Å²) in [6.07, 6.45) is -0.296. The van der Waals surface area contributed by atoms with Gasteiger partial charge in [-0.05, 0) is 38.3 Å². The lowest BCUT2D eigenvalue weighted by atomic mass is 10.0. The highest BCUT2D eigenvalue weighted by atomic mass is 19.4. The number of fused-ring (bicyclic) bond motifs is 1. The van der Waals surface area contributed by atoms with Crippen LogP contribution < -0.4 is 0 Å². The molecule has 1 amide bonds. The van der Waals surface area contributed by atoms with Crippen molar-refractivity contribution in [1.29, 1.82) is 0 Å². The predicted octanol–water partition coefficient (Wildman–Crippen LogP) is 3.84. The average molecular weight is 435 g/mol. The minimum atomic E-state index is -4.52. The first-order valence-corrected chi connectivity index (χ1v) is 10.8. The third-order valence-corrected chi connectivity index (χ3v) is 6.22. The van der Waals surface area contributed by atoms with Gasteiger partial charge < -0.3 is 9.80 Å². The van der Waals surface area contributed by atoms with Crippen molar-refractivity contribution in [2.75, 3.05) is 33.2 Å². The van der Waals surface area contributed by atoms with Crippen LogP contribution in [0.1, 0.15) is 62.0 Å².